The smallest absolute Gasteiger partial charge is 0.141 e. The Bertz CT molecular complexity index is 557. The molecular formula is C15H18ClFN2O. The van der Waals surface area contributed by atoms with E-state index in [-0.39, 0.29) is 5.02 Å². The number of furan rings is 1. The maximum Gasteiger partial charge on any atom is 0.141 e. The van der Waals surface area contributed by atoms with Crippen molar-refractivity contribution in [2.45, 2.75) is 13.0 Å². The molecule has 0 bridgehead atoms. The van der Waals surface area contributed by atoms with Crippen molar-refractivity contribution in [1.82, 2.24) is 10.6 Å². The van der Waals surface area contributed by atoms with Crippen LogP contribution in [0.1, 0.15) is 12.2 Å². The largest absolute Gasteiger partial charge is 0.460 e. The monoisotopic (exact) mass is 296 g/mol. The standard InChI is InChI=1S/C15H18ClFN2O/c1-18-7-2-8-19-10-12-4-6-15(20-12)11-3-5-14(17)13(16)9-11/h3-6,9,18-19H,2,7-8,10H2,1H3. The molecule has 0 aliphatic carbocycles. The number of benzene rings is 1. The molecule has 0 unspecified atom stereocenters. The highest BCUT2D eigenvalue weighted by molar-refractivity contribution is 6.31. The third-order valence-corrected chi connectivity index (χ3v) is 3.23. The van der Waals surface area contributed by atoms with Crippen LogP contribution in [-0.4, -0.2) is 20.1 Å². The summed E-state index contributed by atoms with van der Waals surface area (Å²) in [6.45, 7) is 2.60. The van der Waals surface area contributed by atoms with E-state index >= 15 is 0 Å². The van der Waals surface area contributed by atoms with Crippen molar-refractivity contribution in [2.75, 3.05) is 20.1 Å². The maximum atomic E-state index is 13.1. The van der Waals surface area contributed by atoms with Crippen LogP contribution >= 0.6 is 11.6 Å². The Morgan fingerprint density at radius 2 is 2.05 bits per heavy atom. The molecular weight excluding hydrogens is 279 g/mol. The van der Waals surface area contributed by atoms with Gasteiger partial charge in [-0.2, -0.15) is 0 Å². The van der Waals surface area contributed by atoms with E-state index in [0.717, 1.165) is 30.8 Å². The van der Waals surface area contributed by atoms with E-state index in [0.29, 0.717) is 12.3 Å². The summed E-state index contributed by atoms with van der Waals surface area (Å²) in [5.74, 6) is 1.12. The van der Waals surface area contributed by atoms with E-state index in [1.165, 1.54) is 6.07 Å². The average molecular weight is 297 g/mol. The van der Waals surface area contributed by atoms with Gasteiger partial charge in [-0.05, 0) is 56.9 Å². The molecule has 1 aromatic heterocycles. The van der Waals surface area contributed by atoms with Crippen LogP contribution in [0.25, 0.3) is 11.3 Å². The van der Waals surface area contributed by atoms with Gasteiger partial charge in [0.1, 0.15) is 17.3 Å². The number of hydrogen-bond acceptors (Lipinski definition) is 3. The van der Waals surface area contributed by atoms with Crippen LogP contribution in [0.15, 0.2) is 34.7 Å². The Balaban J connectivity index is 1.93. The van der Waals surface area contributed by atoms with Gasteiger partial charge in [-0.25, -0.2) is 4.39 Å². The molecule has 5 heteroatoms. The first-order valence-electron chi connectivity index (χ1n) is 6.60. The number of hydrogen-bond donors (Lipinski definition) is 2. The summed E-state index contributed by atoms with van der Waals surface area (Å²) >= 11 is 5.77. The first kappa shape index (κ1) is 15.0. The highest BCUT2D eigenvalue weighted by Gasteiger charge is 2.07. The summed E-state index contributed by atoms with van der Waals surface area (Å²) < 4.78 is 18.8. The first-order chi connectivity index (χ1) is 9.70. The molecule has 0 aliphatic heterocycles. The van der Waals surface area contributed by atoms with Crippen molar-refractivity contribution >= 4 is 11.6 Å². The molecule has 108 valence electrons. The Hall–Kier alpha value is -1.36. The fourth-order valence-electron chi connectivity index (χ4n) is 1.88. The van der Waals surface area contributed by atoms with Crippen LogP contribution in [0.5, 0.6) is 0 Å². The van der Waals surface area contributed by atoms with Gasteiger partial charge in [0.15, 0.2) is 0 Å². The van der Waals surface area contributed by atoms with Crippen molar-refractivity contribution < 1.29 is 8.81 Å². The van der Waals surface area contributed by atoms with E-state index in [1.807, 2.05) is 19.2 Å². The van der Waals surface area contributed by atoms with Gasteiger partial charge in [0.2, 0.25) is 0 Å². The lowest BCUT2D eigenvalue weighted by atomic mass is 10.2. The molecule has 2 rings (SSSR count). The fourth-order valence-corrected chi connectivity index (χ4v) is 2.06. The lowest BCUT2D eigenvalue weighted by Gasteiger charge is -2.02. The zero-order valence-corrected chi connectivity index (χ0v) is 12.1. The number of halogens is 2. The summed E-state index contributed by atoms with van der Waals surface area (Å²) in [6, 6.07) is 8.35. The Kier molecular flexibility index (Phi) is 5.59. The molecule has 0 aliphatic rings. The van der Waals surface area contributed by atoms with E-state index in [2.05, 4.69) is 10.6 Å². The average Bonchev–Trinajstić information content (AvgIpc) is 2.90. The zero-order valence-electron chi connectivity index (χ0n) is 11.4. The van der Waals surface area contributed by atoms with Crippen LogP contribution in [0.4, 0.5) is 4.39 Å². The molecule has 0 saturated carbocycles. The van der Waals surface area contributed by atoms with Gasteiger partial charge in [-0.3, -0.25) is 0 Å². The van der Waals surface area contributed by atoms with E-state index in [9.17, 15) is 4.39 Å². The minimum atomic E-state index is -0.423. The third-order valence-electron chi connectivity index (χ3n) is 2.95. The molecule has 0 saturated heterocycles. The summed E-state index contributed by atoms with van der Waals surface area (Å²) in [5, 5.41) is 6.50. The maximum absolute atomic E-state index is 13.1. The van der Waals surface area contributed by atoms with Crippen LogP contribution in [0.3, 0.4) is 0 Å². The predicted octanol–water partition coefficient (Wildman–Crippen LogP) is 3.44. The van der Waals surface area contributed by atoms with E-state index in [4.69, 9.17) is 16.0 Å². The van der Waals surface area contributed by atoms with Crippen LogP contribution in [0.2, 0.25) is 5.02 Å². The van der Waals surface area contributed by atoms with Gasteiger partial charge < -0.3 is 15.1 Å². The number of nitrogens with one attached hydrogen (secondary N) is 2. The summed E-state index contributed by atoms with van der Waals surface area (Å²) in [6.07, 6.45) is 1.07. The first-order valence-corrected chi connectivity index (χ1v) is 6.98. The van der Waals surface area contributed by atoms with Gasteiger partial charge in [0.05, 0.1) is 11.6 Å². The summed E-state index contributed by atoms with van der Waals surface area (Å²) in [7, 11) is 1.94. The van der Waals surface area contributed by atoms with Gasteiger partial charge in [-0.15, -0.1) is 0 Å². The Morgan fingerprint density at radius 3 is 2.80 bits per heavy atom. The second-order valence-corrected chi connectivity index (χ2v) is 4.94. The minimum absolute atomic E-state index is 0.102. The molecule has 20 heavy (non-hydrogen) atoms. The molecule has 3 nitrogen and oxygen atoms in total. The lowest BCUT2D eigenvalue weighted by Crippen LogP contribution is -2.19. The molecule has 2 N–H and O–H groups in total. The second-order valence-electron chi connectivity index (χ2n) is 4.53. The molecule has 1 aromatic carbocycles. The van der Waals surface area contributed by atoms with Gasteiger partial charge in [0.25, 0.3) is 0 Å². The molecule has 2 aromatic rings. The third kappa shape index (κ3) is 4.07. The minimum Gasteiger partial charge on any atom is -0.460 e. The van der Waals surface area contributed by atoms with Crippen molar-refractivity contribution in [3.63, 3.8) is 0 Å². The number of rotatable bonds is 7. The SMILES string of the molecule is CNCCCNCc1ccc(-c2ccc(F)c(Cl)c2)o1. The summed E-state index contributed by atoms with van der Waals surface area (Å²) in [5.41, 5.74) is 0.776. The van der Waals surface area contributed by atoms with Crippen molar-refractivity contribution in [3.8, 4) is 11.3 Å². The van der Waals surface area contributed by atoms with Crippen molar-refractivity contribution in [1.29, 1.82) is 0 Å². The Labute approximate surface area is 123 Å². The summed E-state index contributed by atoms with van der Waals surface area (Å²) in [4.78, 5) is 0. The zero-order chi connectivity index (χ0) is 14.4. The molecule has 0 amide bonds. The molecule has 0 radical (unpaired) electrons. The molecule has 0 fully saturated rings. The topological polar surface area (TPSA) is 37.2 Å². The van der Waals surface area contributed by atoms with E-state index < -0.39 is 5.82 Å². The van der Waals surface area contributed by atoms with Gasteiger partial charge >= 0.3 is 0 Å². The predicted molar refractivity (Wildman–Crippen MR) is 79.4 cm³/mol. The quantitative estimate of drug-likeness (QED) is 0.769. The van der Waals surface area contributed by atoms with Crippen LogP contribution in [0, 0.1) is 5.82 Å². The molecule has 1 heterocycles. The molecule has 0 atom stereocenters. The van der Waals surface area contributed by atoms with Crippen LogP contribution < -0.4 is 10.6 Å². The fraction of sp³-hybridized carbons (Fsp3) is 0.333. The molecule has 0 spiro atoms. The highest BCUT2D eigenvalue weighted by atomic mass is 35.5. The van der Waals surface area contributed by atoms with Crippen molar-refractivity contribution in [3.05, 3.63) is 46.9 Å². The normalized spacial score (nSPS) is 10.9. The second kappa shape index (κ2) is 7.43. The van der Waals surface area contributed by atoms with Crippen LogP contribution in [-0.2, 0) is 6.54 Å². The lowest BCUT2D eigenvalue weighted by molar-refractivity contribution is 0.490. The van der Waals surface area contributed by atoms with Gasteiger partial charge in [-0.1, -0.05) is 11.6 Å². The highest BCUT2D eigenvalue weighted by Crippen LogP contribution is 2.26. The van der Waals surface area contributed by atoms with Gasteiger partial charge in [0, 0.05) is 5.56 Å². The van der Waals surface area contributed by atoms with E-state index in [1.54, 1.807) is 12.1 Å². The Morgan fingerprint density at radius 1 is 1.20 bits per heavy atom. The van der Waals surface area contributed by atoms with Crippen molar-refractivity contribution in [2.24, 2.45) is 0 Å².